The second-order valence-corrected chi connectivity index (χ2v) is 6.81. The number of ether oxygens (including phenoxy) is 1. The van der Waals surface area contributed by atoms with Crippen LogP contribution in [0.1, 0.15) is 44.5 Å². The minimum Gasteiger partial charge on any atom is -0.493 e. The van der Waals surface area contributed by atoms with Crippen LogP contribution in [0.15, 0.2) is 18.2 Å². The Morgan fingerprint density at radius 1 is 1.46 bits per heavy atom. The highest BCUT2D eigenvalue weighted by atomic mass is 32.1. The maximum Gasteiger partial charge on any atom is 0.347 e. The number of carbonyl (C=O) groups is 2. The Morgan fingerprint density at radius 2 is 2.25 bits per heavy atom. The molecule has 1 atom stereocenters. The Balaban J connectivity index is 1.64. The summed E-state index contributed by atoms with van der Waals surface area (Å²) in [5, 5.41) is 12.6. The van der Waals surface area contributed by atoms with Gasteiger partial charge in [0.1, 0.15) is 15.6 Å². The van der Waals surface area contributed by atoms with Gasteiger partial charge in [0.2, 0.25) is 5.91 Å². The predicted molar refractivity (Wildman–Crippen MR) is 89.7 cm³/mol. The largest absolute Gasteiger partial charge is 0.493 e. The SMILES string of the molecule is Cc1nc(C(C)NC(=O)Cc2ccc3c(c2)CCO3)sc1C(=O)O. The van der Waals surface area contributed by atoms with Crippen LogP contribution >= 0.6 is 11.3 Å². The number of hydrogen-bond donors (Lipinski definition) is 2. The number of aryl methyl sites for hydroxylation is 1. The first-order valence-electron chi connectivity index (χ1n) is 7.68. The monoisotopic (exact) mass is 346 g/mol. The molecule has 1 aliphatic rings. The van der Waals surface area contributed by atoms with Gasteiger partial charge in [0, 0.05) is 6.42 Å². The molecular weight excluding hydrogens is 328 g/mol. The van der Waals surface area contributed by atoms with Crippen molar-refractivity contribution in [3.8, 4) is 5.75 Å². The average Bonchev–Trinajstić information content (AvgIpc) is 3.12. The molecule has 0 bridgehead atoms. The minimum atomic E-state index is -0.991. The van der Waals surface area contributed by atoms with E-state index in [1.54, 1.807) is 13.8 Å². The number of aromatic carboxylic acids is 1. The predicted octanol–water partition coefficient (Wildman–Crippen LogP) is 2.50. The number of carbonyl (C=O) groups excluding carboxylic acids is 1. The minimum absolute atomic E-state index is 0.119. The molecule has 1 aromatic heterocycles. The van der Waals surface area contributed by atoms with Crippen LogP contribution < -0.4 is 10.1 Å². The molecule has 2 aromatic rings. The highest BCUT2D eigenvalue weighted by Crippen LogP contribution is 2.26. The first kappa shape index (κ1) is 16.4. The second kappa shape index (κ2) is 6.60. The van der Waals surface area contributed by atoms with Crippen LogP contribution in [0.3, 0.4) is 0 Å². The molecule has 0 saturated carbocycles. The van der Waals surface area contributed by atoms with Crippen LogP contribution in [0.2, 0.25) is 0 Å². The topological polar surface area (TPSA) is 88.5 Å². The number of amides is 1. The molecule has 0 spiro atoms. The van der Waals surface area contributed by atoms with Crippen molar-refractivity contribution in [1.29, 1.82) is 0 Å². The highest BCUT2D eigenvalue weighted by Gasteiger charge is 2.19. The fourth-order valence-corrected chi connectivity index (χ4v) is 3.60. The van der Waals surface area contributed by atoms with Crippen LogP contribution in [-0.4, -0.2) is 28.6 Å². The van der Waals surface area contributed by atoms with Gasteiger partial charge in [0.05, 0.1) is 24.8 Å². The van der Waals surface area contributed by atoms with E-state index in [4.69, 9.17) is 9.84 Å². The quantitative estimate of drug-likeness (QED) is 0.868. The number of aromatic nitrogens is 1. The van der Waals surface area contributed by atoms with Crippen molar-refractivity contribution < 1.29 is 19.4 Å². The maximum atomic E-state index is 12.2. The van der Waals surface area contributed by atoms with E-state index in [0.717, 1.165) is 34.6 Å². The summed E-state index contributed by atoms with van der Waals surface area (Å²) in [7, 11) is 0. The Morgan fingerprint density at radius 3 is 2.96 bits per heavy atom. The van der Waals surface area contributed by atoms with Gasteiger partial charge in [-0.1, -0.05) is 12.1 Å². The molecule has 1 aliphatic heterocycles. The van der Waals surface area contributed by atoms with Crippen molar-refractivity contribution in [2.75, 3.05) is 6.61 Å². The molecule has 1 aromatic carbocycles. The van der Waals surface area contributed by atoms with Crippen molar-refractivity contribution in [3.63, 3.8) is 0 Å². The first-order valence-corrected chi connectivity index (χ1v) is 8.50. The van der Waals surface area contributed by atoms with Gasteiger partial charge in [-0.25, -0.2) is 9.78 Å². The van der Waals surface area contributed by atoms with Crippen molar-refractivity contribution >= 4 is 23.2 Å². The molecule has 6 nitrogen and oxygen atoms in total. The van der Waals surface area contributed by atoms with Gasteiger partial charge < -0.3 is 15.2 Å². The highest BCUT2D eigenvalue weighted by molar-refractivity contribution is 7.13. The number of carboxylic acids is 1. The van der Waals surface area contributed by atoms with E-state index in [9.17, 15) is 9.59 Å². The van der Waals surface area contributed by atoms with E-state index in [2.05, 4.69) is 10.3 Å². The number of nitrogens with one attached hydrogen (secondary N) is 1. The lowest BCUT2D eigenvalue weighted by Gasteiger charge is -2.11. The summed E-state index contributed by atoms with van der Waals surface area (Å²) in [6.45, 7) is 4.15. The van der Waals surface area contributed by atoms with Crippen LogP contribution in [0.5, 0.6) is 5.75 Å². The summed E-state index contributed by atoms with van der Waals surface area (Å²) in [4.78, 5) is 27.8. The summed E-state index contributed by atoms with van der Waals surface area (Å²) in [5.74, 6) is -0.215. The number of benzene rings is 1. The smallest absolute Gasteiger partial charge is 0.347 e. The zero-order valence-corrected chi connectivity index (χ0v) is 14.3. The van der Waals surface area contributed by atoms with Gasteiger partial charge in [-0.15, -0.1) is 11.3 Å². The Hall–Kier alpha value is -2.41. The normalized spacial score (nSPS) is 13.9. The lowest BCUT2D eigenvalue weighted by molar-refractivity contribution is -0.121. The number of thiazole rings is 1. The van der Waals surface area contributed by atoms with Crippen molar-refractivity contribution in [3.05, 3.63) is 44.9 Å². The molecule has 2 heterocycles. The zero-order chi connectivity index (χ0) is 17.3. The standard InChI is InChI=1S/C17H18N2O4S/c1-9-15(17(21)22)24-16(19-9)10(2)18-14(20)8-11-3-4-13-12(7-11)5-6-23-13/h3-4,7,10H,5-6,8H2,1-2H3,(H,18,20)(H,21,22). The van der Waals surface area contributed by atoms with E-state index >= 15 is 0 Å². The fraction of sp³-hybridized carbons (Fsp3) is 0.353. The summed E-state index contributed by atoms with van der Waals surface area (Å²) in [5.41, 5.74) is 2.54. The van der Waals surface area contributed by atoms with Crippen molar-refractivity contribution in [2.45, 2.75) is 32.7 Å². The molecular formula is C17H18N2O4S. The van der Waals surface area contributed by atoms with Crippen LogP contribution in [0.25, 0.3) is 0 Å². The summed E-state index contributed by atoms with van der Waals surface area (Å²) < 4.78 is 5.46. The Kier molecular flexibility index (Phi) is 4.53. The van der Waals surface area contributed by atoms with Crippen LogP contribution in [-0.2, 0) is 17.6 Å². The van der Waals surface area contributed by atoms with Gasteiger partial charge in [0.15, 0.2) is 0 Å². The van der Waals surface area contributed by atoms with Crippen LogP contribution in [0, 0.1) is 6.92 Å². The summed E-state index contributed by atoms with van der Waals surface area (Å²) >= 11 is 1.10. The molecule has 1 unspecified atom stereocenters. The molecule has 2 N–H and O–H groups in total. The molecule has 0 radical (unpaired) electrons. The Bertz CT molecular complexity index is 800. The van der Waals surface area contributed by atoms with Gasteiger partial charge in [-0.2, -0.15) is 0 Å². The number of rotatable bonds is 5. The lowest BCUT2D eigenvalue weighted by atomic mass is 10.1. The molecule has 1 amide bonds. The summed E-state index contributed by atoms with van der Waals surface area (Å²) in [6.07, 6.45) is 1.14. The van der Waals surface area contributed by atoms with Gasteiger partial charge in [0.25, 0.3) is 0 Å². The lowest BCUT2D eigenvalue weighted by Crippen LogP contribution is -2.28. The molecule has 7 heteroatoms. The number of nitrogens with zero attached hydrogens (tertiary/aromatic N) is 1. The van der Waals surface area contributed by atoms with E-state index < -0.39 is 5.97 Å². The molecule has 24 heavy (non-hydrogen) atoms. The third kappa shape index (κ3) is 3.41. The van der Waals surface area contributed by atoms with E-state index in [-0.39, 0.29) is 23.2 Å². The third-order valence-electron chi connectivity index (χ3n) is 3.87. The van der Waals surface area contributed by atoms with Crippen molar-refractivity contribution in [2.24, 2.45) is 0 Å². The van der Waals surface area contributed by atoms with Crippen molar-refractivity contribution in [1.82, 2.24) is 10.3 Å². The van der Waals surface area contributed by atoms with E-state index in [1.165, 1.54) is 0 Å². The zero-order valence-electron chi connectivity index (χ0n) is 13.5. The summed E-state index contributed by atoms with van der Waals surface area (Å²) in [6, 6.07) is 5.47. The molecule has 126 valence electrons. The molecule has 0 saturated heterocycles. The molecule has 0 aliphatic carbocycles. The third-order valence-corrected chi connectivity index (χ3v) is 5.20. The van der Waals surface area contributed by atoms with Gasteiger partial charge in [-0.05, 0) is 31.0 Å². The number of hydrogen-bond acceptors (Lipinski definition) is 5. The van der Waals surface area contributed by atoms with Gasteiger partial charge >= 0.3 is 5.97 Å². The van der Waals surface area contributed by atoms with E-state index in [0.29, 0.717) is 17.3 Å². The first-order chi connectivity index (χ1) is 11.4. The average molecular weight is 346 g/mol. The molecule has 3 rings (SSSR count). The fourth-order valence-electron chi connectivity index (χ4n) is 2.69. The molecule has 0 fully saturated rings. The second-order valence-electron chi connectivity index (χ2n) is 5.78. The number of fused-ring (bicyclic) bond motifs is 1. The van der Waals surface area contributed by atoms with E-state index in [1.807, 2.05) is 18.2 Å². The van der Waals surface area contributed by atoms with Crippen LogP contribution in [0.4, 0.5) is 0 Å². The Labute approximate surface area is 143 Å². The maximum absolute atomic E-state index is 12.2. The van der Waals surface area contributed by atoms with Gasteiger partial charge in [-0.3, -0.25) is 4.79 Å². The number of carboxylic acid groups (broad SMARTS) is 1.